The molecular weight excluding hydrogens is 197 g/mol. The van der Waals surface area contributed by atoms with E-state index in [9.17, 15) is 18.0 Å². The van der Waals surface area contributed by atoms with Gasteiger partial charge in [-0.2, -0.15) is 13.2 Å². The van der Waals surface area contributed by atoms with Crippen molar-refractivity contribution < 1.29 is 22.7 Å². The van der Waals surface area contributed by atoms with Crippen LogP contribution in [0.1, 0.15) is 27.2 Å². The van der Waals surface area contributed by atoms with Crippen LogP contribution in [0.2, 0.25) is 0 Å². The first-order valence-corrected chi connectivity index (χ1v) is 4.50. The molecule has 0 aliphatic heterocycles. The van der Waals surface area contributed by atoms with Crippen molar-refractivity contribution in [3.63, 3.8) is 0 Å². The maximum atomic E-state index is 11.9. The van der Waals surface area contributed by atoms with Gasteiger partial charge in [-0.3, -0.25) is 4.79 Å². The monoisotopic (exact) mass is 212 g/mol. The quantitative estimate of drug-likeness (QED) is 0.700. The standard InChI is InChI=1S/C9H15F3O2/c1-4-6(2)8(13)5-14-7(3)9(10,11)12/h6-7H,4-5H2,1-3H3. The molecule has 0 bridgehead atoms. The number of ketones is 1. The van der Waals surface area contributed by atoms with Gasteiger partial charge < -0.3 is 4.74 Å². The molecule has 2 unspecified atom stereocenters. The van der Waals surface area contributed by atoms with Gasteiger partial charge in [0.1, 0.15) is 6.61 Å². The lowest BCUT2D eigenvalue weighted by molar-refractivity contribution is -0.213. The van der Waals surface area contributed by atoms with Crippen molar-refractivity contribution in [2.24, 2.45) is 5.92 Å². The minimum Gasteiger partial charge on any atom is -0.361 e. The summed E-state index contributed by atoms with van der Waals surface area (Å²) in [7, 11) is 0. The Balaban J connectivity index is 3.89. The third-order valence-electron chi connectivity index (χ3n) is 2.10. The van der Waals surface area contributed by atoms with Gasteiger partial charge in [0.05, 0.1) is 0 Å². The molecule has 0 aromatic rings. The van der Waals surface area contributed by atoms with E-state index in [1.165, 1.54) is 0 Å². The molecular formula is C9H15F3O2. The normalized spacial score (nSPS) is 16.4. The maximum Gasteiger partial charge on any atom is 0.414 e. The molecule has 0 aliphatic carbocycles. The Morgan fingerprint density at radius 3 is 2.21 bits per heavy atom. The lowest BCUT2D eigenvalue weighted by Crippen LogP contribution is -2.31. The highest BCUT2D eigenvalue weighted by Crippen LogP contribution is 2.22. The topological polar surface area (TPSA) is 26.3 Å². The predicted molar refractivity (Wildman–Crippen MR) is 45.9 cm³/mol. The van der Waals surface area contributed by atoms with E-state index in [4.69, 9.17) is 0 Å². The molecule has 2 atom stereocenters. The lowest BCUT2D eigenvalue weighted by atomic mass is 10.0. The van der Waals surface area contributed by atoms with E-state index in [0.717, 1.165) is 6.92 Å². The van der Waals surface area contributed by atoms with Gasteiger partial charge in [-0.05, 0) is 13.3 Å². The van der Waals surface area contributed by atoms with Crippen molar-refractivity contribution in [2.45, 2.75) is 39.5 Å². The van der Waals surface area contributed by atoms with E-state index in [-0.39, 0.29) is 11.7 Å². The van der Waals surface area contributed by atoms with Crippen molar-refractivity contribution in [1.82, 2.24) is 0 Å². The molecule has 0 heterocycles. The molecule has 0 amide bonds. The SMILES string of the molecule is CCC(C)C(=O)COC(C)C(F)(F)F. The summed E-state index contributed by atoms with van der Waals surface area (Å²) >= 11 is 0. The minimum atomic E-state index is -4.39. The fourth-order valence-electron chi connectivity index (χ4n) is 0.672. The first-order chi connectivity index (χ1) is 6.29. The number of halogens is 3. The van der Waals surface area contributed by atoms with Gasteiger partial charge in [0.15, 0.2) is 11.9 Å². The first kappa shape index (κ1) is 13.4. The molecule has 0 aromatic carbocycles. The van der Waals surface area contributed by atoms with Gasteiger partial charge in [0.25, 0.3) is 0 Å². The summed E-state index contributed by atoms with van der Waals surface area (Å²) in [6.45, 7) is 3.90. The van der Waals surface area contributed by atoms with E-state index in [0.29, 0.717) is 6.42 Å². The van der Waals surface area contributed by atoms with Crippen LogP contribution in [0, 0.1) is 5.92 Å². The number of carbonyl (C=O) groups is 1. The number of hydrogen-bond acceptors (Lipinski definition) is 2. The summed E-state index contributed by atoms with van der Waals surface area (Å²) in [6, 6.07) is 0. The molecule has 0 aromatic heterocycles. The number of ether oxygens (including phenoxy) is 1. The number of Topliss-reactive ketones (excluding diaryl/α,β-unsaturated/α-hetero) is 1. The third-order valence-corrected chi connectivity index (χ3v) is 2.10. The van der Waals surface area contributed by atoms with Crippen LogP contribution in [0.3, 0.4) is 0 Å². The van der Waals surface area contributed by atoms with Crippen molar-refractivity contribution in [3.8, 4) is 0 Å². The maximum absolute atomic E-state index is 11.9. The van der Waals surface area contributed by atoms with E-state index < -0.39 is 18.9 Å². The van der Waals surface area contributed by atoms with Crippen molar-refractivity contribution in [1.29, 1.82) is 0 Å². The van der Waals surface area contributed by atoms with Crippen molar-refractivity contribution in [3.05, 3.63) is 0 Å². The van der Waals surface area contributed by atoms with Crippen LogP contribution in [0.25, 0.3) is 0 Å². The highest BCUT2D eigenvalue weighted by atomic mass is 19.4. The van der Waals surface area contributed by atoms with E-state index in [1.807, 2.05) is 0 Å². The van der Waals surface area contributed by atoms with Crippen LogP contribution in [-0.2, 0) is 9.53 Å². The van der Waals surface area contributed by atoms with Crippen LogP contribution in [0.15, 0.2) is 0 Å². The summed E-state index contributed by atoms with van der Waals surface area (Å²) in [5.74, 6) is -0.529. The molecule has 0 rings (SSSR count). The summed E-state index contributed by atoms with van der Waals surface area (Å²) < 4.78 is 40.3. The second kappa shape index (κ2) is 5.34. The lowest BCUT2D eigenvalue weighted by Gasteiger charge is -2.16. The average Bonchev–Trinajstić information content (AvgIpc) is 2.10. The Morgan fingerprint density at radius 2 is 1.86 bits per heavy atom. The van der Waals surface area contributed by atoms with Crippen molar-refractivity contribution in [2.75, 3.05) is 6.61 Å². The Morgan fingerprint density at radius 1 is 1.36 bits per heavy atom. The summed E-state index contributed by atoms with van der Waals surface area (Å²) in [6.07, 6.45) is -5.66. The van der Waals surface area contributed by atoms with Gasteiger partial charge >= 0.3 is 6.18 Å². The van der Waals surface area contributed by atoms with Crippen LogP contribution in [-0.4, -0.2) is 24.7 Å². The van der Waals surface area contributed by atoms with Gasteiger partial charge in [0, 0.05) is 5.92 Å². The second-order valence-corrected chi connectivity index (χ2v) is 3.27. The van der Waals surface area contributed by atoms with Crippen molar-refractivity contribution >= 4 is 5.78 Å². The molecule has 0 spiro atoms. The van der Waals surface area contributed by atoms with Crippen LogP contribution in [0.4, 0.5) is 13.2 Å². The molecule has 0 aliphatic rings. The zero-order valence-electron chi connectivity index (χ0n) is 8.52. The van der Waals surface area contributed by atoms with Crippen LogP contribution >= 0.6 is 0 Å². The molecule has 14 heavy (non-hydrogen) atoms. The third kappa shape index (κ3) is 4.60. The van der Waals surface area contributed by atoms with E-state index in [1.54, 1.807) is 13.8 Å². The molecule has 0 saturated heterocycles. The molecule has 0 N–H and O–H groups in total. The molecule has 84 valence electrons. The first-order valence-electron chi connectivity index (χ1n) is 4.50. The van der Waals surface area contributed by atoms with Gasteiger partial charge in [-0.15, -0.1) is 0 Å². The van der Waals surface area contributed by atoms with E-state index in [2.05, 4.69) is 4.74 Å². The smallest absolute Gasteiger partial charge is 0.361 e. The summed E-state index contributed by atoms with van der Waals surface area (Å²) in [4.78, 5) is 11.1. The predicted octanol–water partition coefficient (Wildman–Crippen LogP) is 2.57. The number of hydrogen-bond donors (Lipinski definition) is 0. The Labute approximate surface area is 81.4 Å². The minimum absolute atomic E-state index is 0.240. The zero-order chi connectivity index (χ0) is 11.4. The van der Waals surface area contributed by atoms with Gasteiger partial charge in [-0.1, -0.05) is 13.8 Å². The number of rotatable bonds is 5. The summed E-state index contributed by atoms with van der Waals surface area (Å²) in [5.41, 5.74) is 0. The Hall–Kier alpha value is -0.580. The highest BCUT2D eigenvalue weighted by molar-refractivity contribution is 5.81. The number of alkyl halides is 3. The van der Waals surface area contributed by atoms with E-state index >= 15 is 0 Å². The second-order valence-electron chi connectivity index (χ2n) is 3.27. The van der Waals surface area contributed by atoms with Gasteiger partial charge in [-0.25, -0.2) is 0 Å². The van der Waals surface area contributed by atoms with Gasteiger partial charge in [0.2, 0.25) is 0 Å². The Bertz CT molecular complexity index is 189. The molecule has 0 fully saturated rings. The average molecular weight is 212 g/mol. The fraction of sp³-hybridized carbons (Fsp3) is 0.889. The molecule has 0 saturated carbocycles. The number of carbonyl (C=O) groups excluding carboxylic acids is 1. The molecule has 2 nitrogen and oxygen atoms in total. The summed E-state index contributed by atoms with van der Waals surface area (Å²) in [5, 5.41) is 0. The Kier molecular flexibility index (Phi) is 5.12. The largest absolute Gasteiger partial charge is 0.414 e. The highest BCUT2D eigenvalue weighted by Gasteiger charge is 2.37. The fourth-order valence-corrected chi connectivity index (χ4v) is 0.672. The zero-order valence-corrected chi connectivity index (χ0v) is 8.52. The van der Waals surface area contributed by atoms with Crippen LogP contribution < -0.4 is 0 Å². The van der Waals surface area contributed by atoms with Crippen LogP contribution in [0.5, 0.6) is 0 Å². The molecule has 5 heteroatoms. The molecule has 0 radical (unpaired) electrons.